The minimum Gasteiger partial charge on any atom is -0.489 e. The number of rotatable bonds is 2. The van der Waals surface area contributed by atoms with Gasteiger partial charge in [0.15, 0.2) is 9.84 Å². The molecule has 1 atom stereocenters. The fraction of sp³-hybridized carbons (Fsp3) is 0.286. The Balaban J connectivity index is 1.92. The van der Waals surface area contributed by atoms with Crippen molar-refractivity contribution in [2.24, 2.45) is 0 Å². The number of hydrogen-bond acceptors (Lipinski definition) is 3. The molecule has 2 aromatic rings. The van der Waals surface area contributed by atoms with Crippen molar-refractivity contribution in [1.29, 1.82) is 0 Å². The van der Waals surface area contributed by atoms with Crippen molar-refractivity contribution < 1.29 is 13.2 Å². The zero-order chi connectivity index (χ0) is 12.6. The molecule has 0 aromatic heterocycles. The number of benzene rings is 2. The molecule has 0 saturated carbocycles. The molecule has 3 nitrogen and oxygen atoms in total. The summed E-state index contributed by atoms with van der Waals surface area (Å²) in [5.41, 5.74) is 0. The van der Waals surface area contributed by atoms with Gasteiger partial charge in [-0.3, -0.25) is 0 Å². The average molecular weight is 262 g/mol. The Hall–Kier alpha value is -1.55. The maximum Gasteiger partial charge on any atom is 0.154 e. The van der Waals surface area contributed by atoms with Crippen molar-refractivity contribution in [3.8, 4) is 5.75 Å². The molecule has 2 aromatic carbocycles. The molecule has 4 heteroatoms. The van der Waals surface area contributed by atoms with E-state index in [0.717, 1.165) is 16.5 Å². The van der Waals surface area contributed by atoms with Gasteiger partial charge >= 0.3 is 0 Å². The normalized spacial score (nSPS) is 22.1. The second kappa shape index (κ2) is 4.28. The Morgan fingerprint density at radius 1 is 1.06 bits per heavy atom. The van der Waals surface area contributed by atoms with Gasteiger partial charge in [-0.2, -0.15) is 0 Å². The van der Waals surface area contributed by atoms with E-state index in [9.17, 15) is 8.42 Å². The predicted molar refractivity (Wildman–Crippen MR) is 71.6 cm³/mol. The number of fused-ring (bicyclic) bond motifs is 1. The van der Waals surface area contributed by atoms with Gasteiger partial charge < -0.3 is 4.74 Å². The van der Waals surface area contributed by atoms with Crippen molar-refractivity contribution in [1.82, 2.24) is 0 Å². The maximum atomic E-state index is 11.4. The topological polar surface area (TPSA) is 43.4 Å². The highest BCUT2D eigenvalue weighted by Crippen LogP contribution is 2.28. The van der Waals surface area contributed by atoms with Gasteiger partial charge in [-0.25, -0.2) is 8.42 Å². The summed E-state index contributed by atoms with van der Waals surface area (Å²) < 4.78 is 28.7. The molecule has 1 aliphatic rings. The molecule has 1 heterocycles. The third kappa shape index (κ3) is 2.20. The van der Waals surface area contributed by atoms with E-state index in [0.29, 0.717) is 6.42 Å². The zero-order valence-electron chi connectivity index (χ0n) is 9.87. The monoisotopic (exact) mass is 262 g/mol. The lowest BCUT2D eigenvalue weighted by molar-refractivity contribution is 0.232. The quantitative estimate of drug-likeness (QED) is 0.834. The van der Waals surface area contributed by atoms with Gasteiger partial charge in [0.2, 0.25) is 0 Å². The van der Waals surface area contributed by atoms with Gasteiger partial charge in [0.25, 0.3) is 0 Å². The lowest BCUT2D eigenvalue weighted by atomic mass is 10.1. The van der Waals surface area contributed by atoms with Gasteiger partial charge in [0.1, 0.15) is 11.9 Å². The SMILES string of the molecule is O=S1(=O)CCC(Oc2cccc3ccccc23)C1. The summed E-state index contributed by atoms with van der Waals surface area (Å²) in [6, 6.07) is 13.8. The highest BCUT2D eigenvalue weighted by Gasteiger charge is 2.29. The molecule has 1 aliphatic heterocycles. The Morgan fingerprint density at radius 3 is 2.61 bits per heavy atom. The first-order valence-electron chi connectivity index (χ1n) is 5.99. The predicted octanol–water partition coefficient (Wildman–Crippen LogP) is 2.41. The third-order valence-corrected chi connectivity index (χ3v) is 4.97. The first kappa shape index (κ1) is 11.5. The Morgan fingerprint density at radius 2 is 1.83 bits per heavy atom. The standard InChI is InChI=1S/C14H14O3S/c15-18(16)9-8-12(10-18)17-14-7-3-5-11-4-1-2-6-13(11)14/h1-7,12H,8-10H2. The fourth-order valence-electron chi connectivity index (χ4n) is 2.33. The molecule has 3 rings (SSSR count). The molecular formula is C14H14O3S. The molecule has 1 saturated heterocycles. The minimum absolute atomic E-state index is 0.135. The van der Waals surface area contributed by atoms with Crippen LogP contribution in [-0.2, 0) is 9.84 Å². The van der Waals surface area contributed by atoms with Crippen molar-refractivity contribution in [3.63, 3.8) is 0 Å². The van der Waals surface area contributed by atoms with Gasteiger partial charge in [0, 0.05) is 5.39 Å². The van der Waals surface area contributed by atoms with Gasteiger partial charge in [-0.05, 0) is 17.9 Å². The smallest absolute Gasteiger partial charge is 0.154 e. The van der Waals surface area contributed by atoms with Crippen LogP contribution in [0.2, 0.25) is 0 Å². The molecule has 0 aliphatic carbocycles. The van der Waals surface area contributed by atoms with E-state index in [2.05, 4.69) is 0 Å². The van der Waals surface area contributed by atoms with Crippen LogP contribution in [-0.4, -0.2) is 26.0 Å². The summed E-state index contributed by atoms with van der Waals surface area (Å²) in [4.78, 5) is 0. The summed E-state index contributed by atoms with van der Waals surface area (Å²) in [5.74, 6) is 1.15. The van der Waals surface area contributed by atoms with Crippen LogP contribution in [0.5, 0.6) is 5.75 Å². The maximum absolute atomic E-state index is 11.4. The molecule has 0 radical (unpaired) electrons. The molecule has 1 unspecified atom stereocenters. The molecule has 94 valence electrons. The lowest BCUT2D eigenvalue weighted by Gasteiger charge is -2.14. The highest BCUT2D eigenvalue weighted by molar-refractivity contribution is 7.91. The molecular weight excluding hydrogens is 248 g/mol. The lowest BCUT2D eigenvalue weighted by Crippen LogP contribution is -2.17. The van der Waals surface area contributed by atoms with E-state index in [1.165, 1.54) is 0 Å². The van der Waals surface area contributed by atoms with E-state index >= 15 is 0 Å². The van der Waals surface area contributed by atoms with E-state index in [4.69, 9.17) is 4.74 Å². The van der Waals surface area contributed by atoms with Crippen LogP contribution in [0.3, 0.4) is 0 Å². The van der Waals surface area contributed by atoms with Gasteiger partial charge in [-0.15, -0.1) is 0 Å². The third-order valence-electron chi connectivity index (χ3n) is 3.23. The second-order valence-electron chi connectivity index (χ2n) is 4.62. The molecule has 0 amide bonds. The van der Waals surface area contributed by atoms with Crippen molar-refractivity contribution >= 4 is 20.6 Å². The van der Waals surface area contributed by atoms with Crippen LogP contribution < -0.4 is 4.74 Å². The first-order chi connectivity index (χ1) is 8.64. The largest absolute Gasteiger partial charge is 0.489 e. The van der Waals surface area contributed by atoms with Crippen LogP contribution in [0.15, 0.2) is 42.5 Å². The fourth-order valence-corrected chi connectivity index (χ4v) is 3.92. The average Bonchev–Trinajstić information content (AvgIpc) is 2.69. The van der Waals surface area contributed by atoms with Crippen molar-refractivity contribution in [2.45, 2.75) is 12.5 Å². The minimum atomic E-state index is -2.89. The van der Waals surface area contributed by atoms with Crippen LogP contribution in [0.1, 0.15) is 6.42 Å². The molecule has 1 fully saturated rings. The Bertz CT molecular complexity index is 671. The van der Waals surface area contributed by atoms with Crippen molar-refractivity contribution in [2.75, 3.05) is 11.5 Å². The molecule has 0 N–H and O–H groups in total. The van der Waals surface area contributed by atoms with Gasteiger partial charge in [0.05, 0.1) is 11.5 Å². The van der Waals surface area contributed by atoms with E-state index in [1.807, 2.05) is 42.5 Å². The summed E-state index contributed by atoms with van der Waals surface area (Å²) in [6.45, 7) is 0. The number of ether oxygens (including phenoxy) is 1. The summed E-state index contributed by atoms with van der Waals surface area (Å²) in [5, 5.41) is 2.14. The number of sulfone groups is 1. The Kier molecular flexibility index (Phi) is 2.74. The van der Waals surface area contributed by atoms with Crippen LogP contribution in [0.25, 0.3) is 10.8 Å². The van der Waals surface area contributed by atoms with E-state index < -0.39 is 9.84 Å². The van der Waals surface area contributed by atoms with E-state index in [-0.39, 0.29) is 17.6 Å². The summed E-state index contributed by atoms with van der Waals surface area (Å²) in [6.07, 6.45) is 0.381. The molecule has 18 heavy (non-hydrogen) atoms. The molecule has 0 bridgehead atoms. The van der Waals surface area contributed by atoms with Crippen LogP contribution >= 0.6 is 0 Å². The summed E-state index contributed by atoms with van der Waals surface area (Å²) >= 11 is 0. The highest BCUT2D eigenvalue weighted by atomic mass is 32.2. The van der Waals surface area contributed by atoms with Gasteiger partial charge in [-0.1, -0.05) is 36.4 Å². The first-order valence-corrected chi connectivity index (χ1v) is 7.81. The second-order valence-corrected chi connectivity index (χ2v) is 6.85. The Labute approximate surface area is 106 Å². The van der Waals surface area contributed by atoms with Crippen LogP contribution in [0.4, 0.5) is 0 Å². The number of hydrogen-bond donors (Lipinski definition) is 0. The molecule has 0 spiro atoms. The van der Waals surface area contributed by atoms with Crippen molar-refractivity contribution in [3.05, 3.63) is 42.5 Å². The summed E-state index contributed by atoms with van der Waals surface area (Å²) in [7, 11) is -2.89. The van der Waals surface area contributed by atoms with Crippen LogP contribution in [0, 0.1) is 0 Å². The zero-order valence-corrected chi connectivity index (χ0v) is 10.7. The van der Waals surface area contributed by atoms with E-state index in [1.54, 1.807) is 0 Å².